The van der Waals surface area contributed by atoms with Crippen molar-refractivity contribution >= 4 is 55.9 Å². The fraction of sp³-hybridized carbons (Fsp3) is 0.0556. The van der Waals surface area contributed by atoms with E-state index in [0.29, 0.717) is 26.6 Å². The van der Waals surface area contributed by atoms with Gasteiger partial charge in [0.2, 0.25) is 5.01 Å². The molecule has 0 unspecified atom stereocenters. The number of benzene rings is 2. The van der Waals surface area contributed by atoms with Gasteiger partial charge in [-0.15, -0.1) is 10.2 Å². The Morgan fingerprint density at radius 2 is 1.92 bits per heavy atom. The first-order valence-electron chi connectivity index (χ1n) is 7.51. The van der Waals surface area contributed by atoms with E-state index in [9.17, 15) is 9.18 Å². The predicted molar refractivity (Wildman–Crippen MR) is 105 cm³/mol. The molecule has 0 aliphatic carbocycles. The molecule has 0 saturated carbocycles. The molecule has 2 aromatic carbocycles. The van der Waals surface area contributed by atoms with Crippen LogP contribution in [-0.4, -0.2) is 16.1 Å². The summed E-state index contributed by atoms with van der Waals surface area (Å²) >= 11 is 10.5. The van der Waals surface area contributed by atoms with E-state index in [1.165, 1.54) is 6.07 Å². The summed E-state index contributed by atoms with van der Waals surface area (Å²) in [5.41, 5.74) is 1.69. The van der Waals surface area contributed by atoms with Crippen molar-refractivity contribution in [3.63, 3.8) is 0 Å². The third-order valence-electron chi connectivity index (χ3n) is 3.36. The average molecular weight is 453 g/mol. The van der Waals surface area contributed by atoms with Crippen molar-refractivity contribution in [2.45, 2.75) is 6.54 Å². The highest BCUT2D eigenvalue weighted by molar-refractivity contribution is 9.10. The van der Waals surface area contributed by atoms with Crippen LogP contribution in [0, 0.1) is 5.82 Å². The maximum atomic E-state index is 13.3. The summed E-state index contributed by atoms with van der Waals surface area (Å²) in [4.78, 5) is 12.2. The number of rotatable bonds is 5. The van der Waals surface area contributed by atoms with E-state index in [4.69, 9.17) is 11.6 Å². The van der Waals surface area contributed by atoms with E-state index in [1.54, 1.807) is 18.2 Å². The molecule has 132 valence electrons. The molecule has 0 saturated heterocycles. The van der Waals surface area contributed by atoms with E-state index < -0.39 is 0 Å². The molecule has 0 aliphatic rings. The molecule has 1 aromatic heterocycles. The van der Waals surface area contributed by atoms with Gasteiger partial charge in [-0.3, -0.25) is 4.79 Å². The molecule has 1 N–H and O–H groups in total. The predicted octanol–water partition coefficient (Wildman–Crippen LogP) is 5.11. The first-order valence-corrected chi connectivity index (χ1v) is 9.50. The SMILES string of the molecule is O=C(NCc1ccccc1)c1nnc(/C(Cl)=C/c2ccc(F)c(Br)c2)s1. The highest BCUT2D eigenvalue weighted by Crippen LogP contribution is 2.26. The Morgan fingerprint density at radius 1 is 1.19 bits per heavy atom. The van der Waals surface area contributed by atoms with Crippen LogP contribution in [0.4, 0.5) is 4.39 Å². The zero-order valence-corrected chi connectivity index (χ0v) is 16.4. The molecule has 26 heavy (non-hydrogen) atoms. The lowest BCUT2D eigenvalue weighted by atomic mass is 10.2. The molecule has 0 atom stereocenters. The van der Waals surface area contributed by atoms with Crippen molar-refractivity contribution in [3.05, 3.63) is 80.0 Å². The van der Waals surface area contributed by atoms with Gasteiger partial charge >= 0.3 is 0 Å². The Hall–Kier alpha value is -2.09. The maximum absolute atomic E-state index is 13.3. The van der Waals surface area contributed by atoms with Crippen molar-refractivity contribution in [3.8, 4) is 0 Å². The number of hydrogen-bond donors (Lipinski definition) is 1. The lowest BCUT2D eigenvalue weighted by Gasteiger charge is -2.02. The minimum Gasteiger partial charge on any atom is -0.346 e. The van der Waals surface area contributed by atoms with Crippen LogP contribution in [0.1, 0.15) is 25.9 Å². The standard InChI is InChI=1S/C18H12BrClFN3OS/c19-13-8-12(6-7-15(13)21)9-14(20)17-23-24-18(26-17)16(25)22-10-11-4-2-1-3-5-11/h1-9H,10H2,(H,22,25)/b14-9-. The van der Waals surface area contributed by atoms with Gasteiger partial charge in [0.1, 0.15) is 5.82 Å². The fourth-order valence-corrected chi connectivity index (χ4v) is 3.42. The number of aromatic nitrogens is 2. The van der Waals surface area contributed by atoms with Crippen LogP contribution in [-0.2, 0) is 6.54 Å². The molecule has 0 aliphatic heterocycles. The van der Waals surface area contributed by atoms with Crippen molar-refractivity contribution in [1.82, 2.24) is 15.5 Å². The second-order valence-corrected chi connectivity index (χ2v) is 7.49. The number of halogens is 3. The van der Waals surface area contributed by atoms with Crippen LogP contribution in [0.25, 0.3) is 11.1 Å². The summed E-state index contributed by atoms with van der Waals surface area (Å²) in [6.45, 7) is 0.405. The number of carbonyl (C=O) groups excluding carboxylic acids is 1. The summed E-state index contributed by atoms with van der Waals surface area (Å²) in [7, 11) is 0. The van der Waals surface area contributed by atoms with E-state index in [1.807, 2.05) is 30.3 Å². The Balaban J connectivity index is 1.69. The summed E-state index contributed by atoms with van der Waals surface area (Å²) < 4.78 is 13.6. The van der Waals surface area contributed by atoms with E-state index in [2.05, 4.69) is 31.4 Å². The molecule has 1 heterocycles. The van der Waals surface area contributed by atoms with Crippen molar-refractivity contribution in [2.75, 3.05) is 0 Å². The fourth-order valence-electron chi connectivity index (χ4n) is 2.08. The lowest BCUT2D eigenvalue weighted by Crippen LogP contribution is -2.22. The Bertz CT molecular complexity index is 962. The molecule has 8 heteroatoms. The summed E-state index contributed by atoms with van der Waals surface area (Å²) in [5, 5.41) is 11.6. The number of nitrogens with zero attached hydrogens (tertiary/aromatic N) is 2. The molecule has 4 nitrogen and oxygen atoms in total. The first-order chi connectivity index (χ1) is 12.5. The summed E-state index contributed by atoms with van der Waals surface area (Å²) in [6, 6.07) is 14.1. The maximum Gasteiger partial charge on any atom is 0.282 e. The van der Waals surface area contributed by atoms with Crippen LogP contribution in [0.3, 0.4) is 0 Å². The van der Waals surface area contributed by atoms with E-state index >= 15 is 0 Å². The molecule has 0 bridgehead atoms. The average Bonchev–Trinajstić information content (AvgIpc) is 3.14. The Morgan fingerprint density at radius 3 is 2.65 bits per heavy atom. The van der Waals surface area contributed by atoms with E-state index in [0.717, 1.165) is 16.9 Å². The largest absolute Gasteiger partial charge is 0.346 e. The molecule has 3 aromatic rings. The normalized spacial score (nSPS) is 11.4. The van der Waals surface area contributed by atoms with Gasteiger partial charge in [0.05, 0.1) is 9.51 Å². The van der Waals surface area contributed by atoms with Gasteiger partial charge in [-0.05, 0) is 45.3 Å². The van der Waals surface area contributed by atoms with Gasteiger partial charge in [0.25, 0.3) is 5.91 Å². The zero-order valence-electron chi connectivity index (χ0n) is 13.2. The molecule has 1 amide bonds. The number of nitrogens with one attached hydrogen (secondary N) is 1. The number of hydrogen-bond acceptors (Lipinski definition) is 4. The van der Waals surface area contributed by atoms with Crippen LogP contribution < -0.4 is 5.32 Å². The monoisotopic (exact) mass is 451 g/mol. The second-order valence-electron chi connectivity index (χ2n) is 5.25. The number of carbonyl (C=O) groups is 1. The molecule has 0 fully saturated rings. The minimum absolute atomic E-state index is 0.225. The van der Waals surface area contributed by atoms with Crippen LogP contribution in [0.5, 0.6) is 0 Å². The number of amides is 1. The minimum atomic E-state index is -0.355. The van der Waals surface area contributed by atoms with Crippen LogP contribution >= 0.6 is 38.9 Å². The molecule has 0 radical (unpaired) electrons. The highest BCUT2D eigenvalue weighted by atomic mass is 79.9. The molecule has 3 rings (SSSR count). The third-order valence-corrected chi connectivity index (χ3v) is 5.32. The quantitative estimate of drug-likeness (QED) is 0.585. The first kappa shape index (κ1) is 18.7. The van der Waals surface area contributed by atoms with Crippen LogP contribution in [0.15, 0.2) is 53.0 Å². The van der Waals surface area contributed by atoms with Gasteiger partial charge in [-0.25, -0.2) is 4.39 Å². The molecule has 0 spiro atoms. The van der Waals surface area contributed by atoms with Crippen LogP contribution in [0.2, 0.25) is 0 Å². The molecular weight excluding hydrogens is 441 g/mol. The Kier molecular flexibility index (Phi) is 6.13. The summed E-state index contributed by atoms with van der Waals surface area (Å²) in [5.74, 6) is -0.668. The Labute approximate surface area is 166 Å². The second kappa shape index (κ2) is 8.53. The van der Waals surface area contributed by atoms with Gasteiger partial charge in [0.15, 0.2) is 5.01 Å². The van der Waals surface area contributed by atoms with Crippen molar-refractivity contribution < 1.29 is 9.18 Å². The lowest BCUT2D eigenvalue weighted by molar-refractivity contribution is 0.0950. The zero-order chi connectivity index (χ0) is 18.5. The van der Waals surface area contributed by atoms with Gasteiger partial charge in [-0.2, -0.15) is 0 Å². The third kappa shape index (κ3) is 4.75. The van der Waals surface area contributed by atoms with E-state index in [-0.39, 0.29) is 16.7 Å². The van der Waals surface area contributed by atoms with Gasteiger partial charge in [0, 0.05) is 6.54 Å². The van der Waals surface area contributed by atoms with Gasteiger partial charge < -0.3 is 5.32 Å². The van der Waals surface area contributed by atoms with Crippen molar-refractivity contribution in [2.24, 2.45) is 0 Å². The smallest absolute Gasteiger partial charge is 0.282 e. The van der Waals surface area contributed by atoms with Crippen molar-refractivity contribution in [1.29, 1.82) is 0 Å². The highest BCUT2D eigenvalue weighted by Gasteiger charge is 2.14. The van der Waals surface area contributed by atoms with Gasteiger partial charge in [-0.1, -0.05) is 59.3 Å². The summed E-state index contributed by atoms with van der Waals surface area (Å²) in [6.07, 6.45) is 1.64. The topological polar surface area (TPSA) is 54.9 Å². The molecular formula is C18H12BrClFN3OS.